The molecule has 0 saturated heterocycles. The number of rotatable bonds is 4. The molecule has 2 aromatic carbocycles. The summed E-state index contributed by atoms with van der Waals surface area (Å²) in [5, 5.41) is 11.0. The number of aliphatic hydroxyl groups is 1. The predicted molar refractivity (Wildman–Crippen MR) is 78.5 cm³/mol. The average molecular weight is 317 g/mol. The monoisotopic (exact) mass is 316 g/mol. The lowest BCUT2D eigenvalue weighted by Gasteiger charge is -2.12. The maximum atomic E-state index is 13.6. The zero-order chi connectivity index (χ0) is 13.8. The SMILES string of the molecule is OC(CSc1ccc(Cl)cc1)c1ccc(Cl)cc1F. The minimum absolute atomic E-state index is 0.255. The van der Waals surface area contributed by atoms with Crippen molar-refractivity contribution in [2.24, 2.45) is 0 Å². The van der Waals surface area contributed by atoms with E-state index in [0.29, 0.717) is 15.8 Å². The van der Waals surface area contributed by atoms with Gasteiger partial charge in [0.15, 0.2) is 0 Å². The zero-order valence-corrected chi connectivity index (χ0v) is 12.1. The van der Waals surface area contributed by atoms with Gasteiger partial charge in [-0.05, 0) is 36.4 Å². The van der Waals surface area contributed by atoms with Crippen LogP contribution in [0.15, 0.2) is 47.4 Å². The van der Waals surface area contributed by atoms with E-state index in [1.165, 1.54) is 23.9 Å². The van der Waals surface area contributed by atoms with Crippen molar-refractivity contribution >= 4 is 35.0 Å². The first-order chi connectivity index (χ1) is 9.06. The van der Waals surface area contributed by atoms with Crippen LogP contribution in [0, 0.1) is 5.82 Å². The van der Waals surface area contributed by atoms with Gasteiger partial charge in [0.25, 0.3) is 0 Å². The number of halogens is 3. The minimum atomic E-state index is -0.877. The van der Waals surface area contributed by atoms with Crippen molar-refractivity contribution in [1.29, 1.82) is 0 Å². The van der Waals surface area contributed by atoms with E-state index in [4.69, 9.17) is 23.2 Å². The highest BCUT2D eigenvalue weighted by molar-refractivity contribution is 7.99. The van der Waals surface area contributed by atoms with Gasteiger partial charge in [-0.2, -0.15) is 0 Å². The Balaban J connectivity index is 2.01. The van der Waals surface area contributed by atoms with Gasteiger partial charge >= 0.3 is 0 Å². The molecule has 0 fully saturated rings. The van der Waals surface area contributed by atoms with E-state index in [1.54, 1.807) is 18.2 Å². The highest BCUT2D eigenvalue weighted by Gasteiger charge is 2.13. The van der Waals surface area contributed by atoms with Gasteiger partial charge < -0.3 is 5.11 Å². The third kappa shape index (κ3) is 4.11. The molecule has 0 bridgehead atoms. The molecule has 1 unspecified atom stereocenters. The molecule has 1 atom stereocenters. The van der Waals surface area contributed by atoms with Gasteiger partial charge in [0.2, 0.25) is 0 Å². The topological polar surface area (TPSA) is 20.2 Å². The zero-order valence-electron chi connectivity index (χ0n) is 9.82. The van der Waals surface area contributed by atoms with E-state index in [9.17, 15) is 9.50 Å². The number of hydrogen-bond donors (Lipinski definition) is 1. The van der Waals surface area contributed by atoms with E-state index in [-0.39, 0.29) is 5.56 Å². The van der Waals surface area contributed by atoms with Crippen LogP contribution in [-0.2, 0) is 0 Å². The largest absolute Gasteiger partial charge is 0.387 e. The van der Waals surface area contributed by atoms with E-state index in [0.717, 1.165) is 4.90 Å². The summed E-state index contributed by atoms with van der Waals surface area (Å²) in [6.45, 7) is 0. The molecule has 1 nitrogen and oxygen atoms in total. The lowest BCUT2D eigenvalue weighted by atomic mass is 10.1. The summed E-state index contributed by atoms with van der Waals surface area (Å²) in [6, 6.07) is 11.5. The summed E-state index contributed by atoms with van der Waals surface area (Å²) in [4.78, 5) is 0.970. The first-order valence-electron chi connectivity index (χ1n) is 5.57. The molecule has 0 spiro atoms. The molecule has 1 N–H and O–H groups in total. The third-order valence-corrected chi connectivity index (χ3v) is 4.12. The molecule has 19 heavy (non-hydrogen) atoms. The number of aliphatic hydroxyl groups excluding tert-OH is 1. The van der Waals surface area contributed by atoms with Crippen LogP contribution in [0.1, 0.15) is 11.7 Å². The molecule has 0 aliphatic heterocycles. The molecule has 2 aromatic rings. The van der Waals surface area contributed by atoms with E-state index in [2.05, 4.69) is 0 Å². The summed E-state index contributed by atoms with van der Waals surface area (Å²) in [7, 11) is 0. The quantitative estimate of drug-likeness (QED) is 0.805. The lowest BCUT2D eigenvalue weighted by Crippen LogP contribution is -2.03. The Labute approximate surface area is 125 Å². The van der Waals surface area contributed by atoms with Crippen molar-refractivity contribution in [3.8, 4) is 0 Å². The summed E-state index contributed by atoms with van der Waals surface area (Å²) >= 11 is 12.9. The molecule has 0 heterocycles. The van der Waals surface area contributed by atoms with Crippen molar-refractivity contribution < 1.29 is 9.50 Å². The second-order valence-corrected chi connectivity index (χ2v) is 5.91. The number of hydrogen-bond acceptors (Lipinski definition) is 2. The van der Waals surface area contributed by atoms with Crippen molar-refractivity contribution in [1.82, 2.24) is 0 Å². The van der Waals surface area contributed by atoms with Crippen LogP contribution in [0.25, 0.3) is 0 Å². The lowest BCUT2D eigenvalue weighted by molar-refractivity contribution is 0.199. The van der Waals surface area contributed by atoms with Gasteiger partial charge in [-0.15, -0.1) is 11.8 Å². The van der Waals surface area contributed by atoms with Gasteiger partial charge in [-0.25, -0.2) is 4.39 Å². The normalized spacial score (nSPS) is 12.4. The first-order valence-corrected chi connectivity index (χ1v) is 7.32. The van der Waals surface area contributed by atoms with Crippen LogP contribution >= 0.6 is 35.0 Å². The van der Waals surface area contributed by atoms with Gasteiger partial charge in [0.1, 0.15) is 5.82 Å². The van der Waals surface area contributed by atoms with Crippen molar-refractivity contribution in [2.75, 3.05) is 5.75 Å². The molecular weight excluding hydrogens is 306 g/mol. The molecule has 0 aliphatic rings. The first kappa shape index (κ1) is 14.7. The summed E-state index contributed by atoms with van der Waals surface area (Å²) in [6.07, 6.45) is -0.877. The van der Waals surface area contributed by atoms with Gasteiger partial charge in [-0.1, -0.05) is 29.3 Å². The average Bonchev–Trinajstić information content (AvgIpc) is 2.37. The number of benzene rings is 2. The third-order valence-electron chi connectivity index (χ3n) is 2.54. The van der Waals surface area contributed by atoms with Gasteiger partial charge in [-0.3, -0.25) is 0 Å². The van der Waals surface area contributed by atoms with Crippen LogP contribution in [0.3, 0.4) is 0 Å². The molecule has 0 aromatic heterocycles. The molecule has 5 heteroatoms. The Morgan fingerprint density at radius 1 is 1.05 bits per heavy atom. The van der Waals surface area contributed by atoms with Crippen LogP contribution < -0.4 is 0 Å². The van der Waals surface area contributed by atoms with Crippen LogP contribution in [0.2, 0.25) is 10.0 Å². The molecule has 100 valence electrons. The predicted octanol–water partition coefficient (Wildman–Crippen LogP) is 4.96. The fraction of sp³-hybridized carbons (Fsp3) is 0.143. The molecule has 0 radical (unpaired) electrons. The smallest absolute Gasteiger partial charge is 0.130 e. The molecule has 0 aliphatic carbocycles. The van der Waals surface area contributed by atoms with Gasteiger partial charge in [0, 0.05) is 26.3 Å². The molecule has 0 saturated carbocycles. The second-order valence-electron chi connectivity index (χ2n) is 3.95. The van der Waals surface area contributed by atoms with E-state index < -0.39 is 11.9 Å². The van der Waals surface area contributed by atoms with E-state index in [1.807, 2.05) is 12.1 Å². The number of thioether (sulfide) groups is 1. The summed E-state index contributed by atoms with van der Waals surface area (Å²) in [5.74, 6) is -0.128. The highest BCUT2D eigenvalue weighted by atomic mass is 35.5. The Morgan fingerprint density at radius 2 is 1.68 bits per heavy atom. The molecule has 0 amide bonds. The van der Waals surface area contributed by atoms with E-state index >= 15 is 0 Å². The maximum absolute atomic E-state index is 13.6. The Morgan fingerprint density at radius 3 is 2.32 bits per heavy atom. The standard InChI is InChI=1S/C14H11Cl2FOS/c15-9-1-4-11(5-2-9)19-8-14(18)12-6-3-10(16)7-13(12)17/h1-7,14,18H,8H2. The van der Waals surface area contributed by atoms with Crippen molar-refractivity contribution in [3.05, 3.63) is 63.9 Å². The summed E-state index contributed by atoms with van der Waals surface area (Å²) in [5.41, 5.74) is 0.255. The Hall–Kier alpha value is -0.740. The Bertz CT molecular complexity index is 560. The van der Waals surface area contributed by atoms with Crippen LogP contribution in [-0.4, -0.2) is 10.9 Å². The maximum Gasteiger partial charge on any atom is 0.130 e. The summed E-state index contributed by atoms with van der Waals surface area (Å²) < 4.78 is 13.6. The van der Waals surface area contributed by atoms with Crippen LogP contribution in [0.4, 0.5) is 4.39 Å². The highest BCUT2D eigenvalue weighted by Crippen LogP contribution is 2.28. The fourth-order valence-corrected chi connectivity index (χ4v) is 2.71. The Kier molecular flexibility index (Phi) is 5.11. The second kappa shape index (κ2) is 6.62. The van der Waals surface area contributed by atoms with Crippen molar-refractivity contribution in [2.45, 2.75) is 11.0 Å². The molecule has 2 rings (SSSR count). The van der Waals surface area contributed by atoms with Crippen molar-refractivity contribution in [3.63, 3.8) is 0 Å². The fourth-order valence-electron chi connectivity index (χ4n) is 1.57. The van der Waals surface area contributed by atoms with Crippen LogP contribution in [0.5, 0.6) is 0 Å². The minimum Gasteiger partial charge on any atom is -0.387 e. The molecular formula is C14H11Cl2FOS. The van der Waals surface area contributed by atoms with Gasteiger partial charge in [0.05, 0.1) is 6.10 Å².